The summed E-state index contributed by atoms with van der Waals surface area (Å²) in [5.41, 5.74) is 2.39. The minimum atomic E-state index is -0.506. The highest BCUT2D eigenvalue weighted by atomic mass is 19.1. The quantitative estimate of drug-likeness (QED) is 0.376. The first-order valence-corrected chi connectivity index (χ1v) is 13.2. The molecule has 0 aliphatic carbocycles. The van der Waals surface area contributed by atoms with Crippen molar-refractivity contribution in [2.24, 2.45) is 5.92 Å². The van der Waals surface area contributed by atoms with E-state index in [0.717, 1.165) is 5.56 Å². The van der Waals surface area contributed by atoms with E-state index >= 15 is 0 Å². The van der Waals surface area contributed by atoms with E-state index < -0.39 is 11.8 Å². The molecule has 4 amide bonds. The molecule has 0 unspecified atom stereocenters. The molecule has 3 aromatic rings. The maximum absolute atomic E-state index is 14.0. The Morgan fingerprint density at radius 2 is 1.62 bits per heavy atom. The van der Waals surface area contributed by atoms with Gasteiger partial charge in [0.15, 0.2) is 0 Å². The van der Waals surface area contributed by atoms with Crippen molar-refractivity contribution in [2.75, 3.05) is 41.7 Å². The van der Waals surface area contributed by atoms with Gasteiger partial charge in [-0.1, -0.05) is 38.1 Å². The van der Waals surface area contributed by atoms with E-state index in [1.807, 2.05) is 4.90 Å². The Hall–Kier alpha value is -4.47. The predicted molar refractivity (Wildman–Crippen MR) is 151 cm³/mol. The largest absolute Gasteiger partial charge is 0.369 e. The molecule has 1 saturated heterocycles. The molecule has 1 aliphatic heterocycles. The molecule has 1 fully saturated rings. The molecule has 0 bridgehead atoms. The first kappa shape index (κ1) is 28.5. The first-order valence-electron chi connectivity index (χ1n) is 13.2. The highest BCUT2D eigenvalue weighted by molar-refractivity contribution is 6.02. The number of carbonyl (C=O) groups excluding carboxylic acids is 3. The van der Waals surface area contributed by atoms with Crippen LogP contribution in [0.2, 0.25) is 0 Å². The van der Waals surface area contributed by atoms with Crippen LogP contribution < -0.4 is 20.9 Å². The van der Waals surface area contributed by atoms with Crippen molar-refractivity contribution < 1.29 is 23.2 Å². The van der Waals surface area contributed by atoms with E-state index in [0.29, 0.717) is 49.5 Å². The Morgan fingerprint density at radius 1 is 0.875 bits per heavy atom. The number of hydrogen-bond acceptors (Lipinski definition) is 4. The van der Waals surface area contributed by atoms with E-state index in [4.69, 9.17) is 0 Å². The molecule has 0 spiro atoms. The van der Waals surface area contributed by atoms with Crippen molar-refractivity contribution in [2.45, 2.75) is 26.8 Å². The molecule has 0 saturated carbocycles. The molecule has 0 aromatic heterocycles. The van der Waals surface area contributed by atoms with Gasteiger partial charge in [-0.25, -0.2) is 13.6 Å². The van der Waals surface area contributed by atoms with E-state index in [1.165, 1.54) is 24.3 Å². The molecule has 0 radical (unpaired) electrons. The van der Waals surface area contributed by atoms with Crippen molar-refractivity contribution >= 4 is 34.9 Å². The monoisotopic (exact) mass is 549 g/mol. The summed E-state index contributed by atoms with van der Waals surface area (Å²) < 4.78 is 27.3. The minimum Gasteiger partial charge on any atom is -0.369 e. The molecular weight excluding hydrogens is 516 g/mol. The van der Waals surface area contributed by atoms with E-state index in [9.17, 15) is 23.2 Å². The van der Waals surface area contributed by atoms with E-state index in [-0.39, 0.29) is 35.8 Å². The molecule has 8 nitrogen and oxygen atoms in total. The summed E-state index contributed by atoms with van der Waals surface area (Å²) in [4.78, 5) is 42.2. The number of carbonyl (C=O) groups is 3. The molecular formula is C30H33F2N5O3. The van der Waals surface area contributed by atoms with Gasteiger partial charge in [-0.05, 0) is 54.4 Å². The van der Waals surface area contributed by atoms with Gasteiger partial charge in [-0.2, -0.15) is 0 Å². The van der Waals surface area contributed by atoms with Gasteiger partial charge in [-0.15, -0.1) is 0 Å². The van der Waals surface area contributed by atoms with Gasteiger partial charge in [0.25, 0.3) is 5.91 Å². The van der Waals surface area contributed by atoms with Crippen LogP contribution in [0, 0.1) is 17.6 Å². The Balaban J connectivity index is 1.51. The normalized spacial score (nSPS) is 13.5. The Labute approximate surface area is 232 Å². The third-order valence-corrected chi connectivity index (χ3v) is 6.64. The van der Waals surface area contributed by atoms with Gasteiger partial charge in [0, 0.05) is 50.0 Å². The topological polar surface area (TPSA) is 93.8 Å². The zero-order valence-corrected chi connectivity index (χ0v) is 22.5. The minimum absolute atomic E-state index is 0.118. The summed E-state index contributed by atoms with van der Waals surface area (Å²) in [5.74, 6) is -1.62. The standard InChI is InChI=1S/C30H33F2N5O3/c1-20(2)28(38)34-23-12-13-27(24(18-23)29(39)33-19-21-8-10-22(31)11-9-21)36-14-5-15-37(17-16-36)30(40)35-26-7-4-3-6-25(26)32/h3-4,6-13,18,20H,5,14-17,19H2,1-2H3,(H,33,39)(H,34,38)(H,35,40). The number of urea groups is 1. The lowest BCUT2D eigenvalue weighted by molar-refractivity contribution is -0.118. The predicted octanol–water partition coefficient (Wildman–Crippen LogP) is 5.23. The smallest absolute Gasteiger partial charge is 0.321 e. The van der Waals surface area contributed by atoms with Crippen LogP contribution in [0.15, 0.2) is 66.7 Å². The van der Waals surface area contributed by atoms with Crippen LogP contribution in [0.1, 0.15) is 36.2 Å². The zero-order chi connectivity index (χ0) is 28.6. The lowest BCUT2D eigenvalue weighted by Crippen LogP contribution is -2.38. The van der Waals surface area contributed by atoms with Gasteiger partial charge in [0.2, 0.25) is 5.91 Å². The number of nitrogens with zero attached hydrogens (tertiary/aromatic N) is 2. The maximum atomic E-state index is 14.0. The fourth-order valence-corrected chi connectivity index (χ4v) is 4.36. The van der Waals surface area contributed by atoms with E-state index in [1.54, 1.807) is 61.2 Å². The van der Waals surface area contributed by atoms with Crippen LogP contribution in [0.25, 0.3) is 0 Å². The van der Waals surface area contributed by atoms with Gasteiger partial charge < -0.3 is 25.8 Å². The Kier molecular flexibility index (Phi) is 9.31. The number of amides is 4. The van der Waals surface area contributed by atoms with Crippen LogP contribution in [0.5, 0.6) is 0 Å². The van der Waals surface area contributed by atoms with Crippen LogP contribution in [0.3, 0.4) is 0 Å². The lowest BCUT2D eigenvalue weighted by Gasteiger charge is -2.26. The van der Waals surface area contributed by atoms with Gasteiger partial charge in [0.1, 0.15) is 11.6 Å². The average molecular weight is 550 g/mol. The second kappa shape index (κ2) is 13.1. The number of rotatable bonds is 7. The third kappa shape index (κ3) is 7.34. The third-order valence-electron chi connectivity index (χ3n) is 6.64. The van der Waals surface area contributed by atoms with Crippen molar-refractivity contribution in [3.63, 3.8) is 0 Å². The average Bonchev–Trinajstić information content (AvgIpc) is 3.20. The molecule has 10 heteroatoms. The van der Waals surface area contributed by atoms with Crippen molar-refractivity contribution in [1.29, 1.82) is 0 Å². The molecule has 210 valence electrons. The highest BCUT2D eigenvalue weighted by Gasteiger charge is 2.24. The summed E-state index contributed by atoms with van der Waals surface area (Å²) in [6.45, 7) is 5.62. The van der Waals surface area contributed by atoms with Gasteiger partial charge in [-0.3, -0.25) is 9.59 Å². The summed E-state index contributed by atoms with van der Waals surface area (Å²) >= 11 is 0. The second-order valence-electron chi connectivity index (χ2n) is 9.92. The zero-order valence-electron chi connectivity index (χ0n) is 22.5. The number of hydrogen-bond donors (Lipinski definition) is 3. The number of nitrogens with one attached hydrogen (secondary N) is 3. The van der Waals surface area contributed by atoms with E-state index in [2.05, 4.69) is 16.0 Å². The second-order valence-corrected chi connectivity index (χ2v) is 9.92. The van der Waals surface area contributed by atoms with Crippen molar-refractivity contribution in [1.82, 2.24) is 10.2 Å². The summed E-state index contributed by atoms with van der Waals surface area (Å²) in [6.07, 6.45) is 0.632. The maximum Gasteiger partial charge on any atom is 0.321 e. The molecule has 1 heterocycles. The fourth-order valence-electron chi connectivity index (χ4n) is 4.36. The van der Waals surface area contributed by atoms with Gasteiger partial charge >= 0.3 is 6.03 Å². The lowest BCUT2D eigenvalue weighted by atomic mass is 10.1. The van der Waals surface area contributed by atoms with Crippen molar-refractivity contribution in [3.8, 4) is 0 Å². The summed E-state index contributed by atoms with van der Waals surface area (Å²) in [5, 5.41) is 8.35. The summed E-state index contributed by atoms with van der Waals surface area (Å²) in [7, 11) is 0. The summed E-state index contributed by atoms with van der Waals surface area (Å²) in [6, 6.07) is 16.7. The molecule has 40 heavy (non-hydrogen) atoms. The van der Waals surface area contributed by atoms with Crippen LogP contribution in [-0.4, -0.2) is 48.9 Å². The molecule has 0 atom stereocenters. The molecule has 3 aromatic carbocycles. The number of para-hydroxylation sites is 1. The highest BCUT2D eigenvalue weighted by Crippen LogP contribution is 2.27. The van der Waals surface area contributed by atoms with Crippen LogP contribution in [0.4, 0.5) is 30.6 Å². The molecule has 1 aliphatic rings. The van der Waals surface area contributed by atoms with Crippen molar-refractivity contribution in [3.05, 3.63) is 89.5 Å². The van der Waals surface area contributed by atoms with Crippen LogP contribution >= 0.6 is 0 Å². The fraction of sp³-hybridized carbons (Fsp3) is 0.300. The number of anilines is 3. The number of benzene rings is 3. The Morgan fingerprint density at radius 3 is 2.35 bits per heavy atom. The number of halogens is 2. The first-order chi connectivity index (χ1) is 19.2. The van der Waals surface area contributed by atoms with Crippen LogP contribution in [-0.2, 0) is 11.3 Å². The Bertz CT molecular complexity index is 1360. The molecule has 3 N–H and O–H groups in total. The van der Waals surface area contributed by atoms with Gasteiger partial charge in [0.05, 0.1) is 11.3 Å². The molecule has 4 rings (SSSR count). The SMILES string of the molecule is CC(C)C(=O)Nc1ccc(N2CCCN(C(=O)Nc3ccccc3F)CC2)c(C(=O)NCc2ccc(F)cc2)c1.